The van der Waals surface area contributed by atoms with E-state index in [1.165, 1.54) is 0 Å². The Kier molecular flexibility index (Phi) is 7.98. The van der Waals surface area contributed by atoms with Crippen LogP contribution in [0.5, 0.6) is 0 Å². The van der Waals surface area contributed by atoms with Gasteiger partial charge in [-0.05, 0) is 19.8 Å². The van der Waals surface area contributed by atoms with Gasteiger partial charge in [-0.1, -0.05) is 0 Å². The van der Waals surface area contributed by atoms with Crippen LogP contribution in [0.4, 0.5) is 16.6 Å². The lowest BCUT2D eigenvalue weighted by molar-refractivity contribution is 0.105. The molecule has 0 bridgehead atoms. The van der Waals surface area contributed by atoms with Gasteiger partial charge in [-0.25, -0.2) is 9.78 Å². The summed E-state index contributed by atoms with van der Waals surface area (Å²) in [4.78, 5) is 24.3. The van der Waals surface area contributed by atoms with Crippen molar-refractivity contribution in [3.63, 3.8) is 0 Å². The Hall–Kier alpha value is -1.51. The molecule has 1 aromatic rings. The van der Waals surface area contributed by atoms with Crippen molar-refractivity contribution in [1.82, 2.24) is 14.9 Å². The quantitative estimate of drug-likeness (QED) is 0.798. The zero-order chi connectivity index (χ0) is 16.4. The molecule has 25 heavy (non-hydrogen) atoms. The molecule has 0 spiro atoms. The smallest absolute Gasteiger partial charge is 0.409 e. The predicted octanol–water partition coefficient (Wildman–Crippen LogP) is 1.39. The highest BCUT2D eigenvalue weighted by molar-refractivity contribution is 5.85. The Bertz CT molecular complexity index is 577. The molecule has 2 fully saturated rings. The van der Waals surface area contributed by atoms with Crippen LogP contribution < -0.4 is 16.4 Å². The number of piperazine rings is 1. The highest BCUT2D eigenvalue weighted by Crippen LogP contribution is 2.35. The van der Waals surface area contributed by atoms with Crippen LogP contribution in [-0.2, 0) is 4.74 Å². The van der Waals surface area contributed by atoms with Crippen LogP contribution in [-0.4, -0.2) is 59.8 Å². The molecule has 2 aliphatic rings. The fourth-order valence-corrected chi connectivity index (χ4v) is 3.08. The summed E-state index contributed by atoms with van der Waals surface area (Å²) in [7, 11) is 0. The molecule has 0 atom stereocenters. The van der Waals surface area contributed by atoms with Gasteiger partial charge in [0.2, 0.25) is 5.95 Å². The summed E-state index contributed by atoms with van der Waals surface area (Å²) < 4.78 is 5.04. The van der Waals surface area contributed by atoms with Gasteiger partial charge in [0.25, 0.3) is 0 Å². The number of ether oxygens (including phenoxy) is 1. The van der Waals surface area contributed by atoms with Crippen molar-refractivity contribution in [2.24, 2.45) is 5.73 Å². The second-order valence-corrected chi connectivity index (χ2v) is 6.11. The van der Waals surface area contributed by atoms with E-state index in [1.807, 2.05) is 13.0 Å². The number of rotatable bonds is 3. The summed E-state index contributed by atoms with van der Waals surface area (Å²) in [5.74, 6) is 1.51. The lowest BCUT2D eigenvalue weighted by Gasteiger charge is -2.36. The maximum Gasteiger partial charge on any atom is 0.409 e. The molecular weight excluding hydrogens is 367 g/mol. The predicted molar refractivity (Wildman–Crippen MR) is 102 cm³/mol. The number of nitrogen functional groups attached to an aromatic ring is 1. The molecule has 142 valence electrons. The van der Waals surface area contributed by atoms with E-state index in [0.29, 0.717) is 44.7 Å². The molecule has 4 N–H and O–H groups in total. The van der Waals surface area contributed by atoms with Crippen LogP contribution in [0.3, 0.4) is 0 Å². The third kappa shape index (κ3) is 4.99. The number of nitrogens with two attached hydrogens (primary N) is 2. The monoisotopic (exact) mass is 392 g/mol. The second-order valence-electron chi connectivity index (χ2n) is 6.11. The number of hydrogen-bond donors (Lipinski definition) is 2. The Labute approximate surface area is 160 Å². The maximum absolute atomic E-state index is 11.7. The van der Waals surface area contributed by atoms with Crippen molar-refractivity contribution < 1.29 is 9.53 Å². The SMILES string of the molecule is CCOC(=O)N1CCN(c2cc(C3CC(N)C3)nc(N)n2)CC1.Cl.Cl. The third-order valence-corrected chi connectivity index (χ3v) is 4.47. The number of anilines is 2. The van der Waals surface area contributed by atoms with Gasteiger partial charge in [0, 0.05) is 44.2 Å². The zero-order valence-corrected chi connectivity index (χ0v) is 15.9. The molecule has 1 aromatic heterocycles. The summed E-state index contributed by atoms with van der Waals surface area (Å²) in [5, 5.41) is 0. The zero-order valence-electron chi connectivity index (χ0n) is 14.3. The summed E-state index contributed by atoms with van der Waals surface area (Å²) in [6, 6.07) is 2.28. The molecule has 1 aliphatic heterocycles. The van der Waals surface area contributed by atoms with Crippen LogP contribution >= 0.6 is 24.8 Å². The molecule has 1 amide bonds. The van der Waals surface area contributed by atoms with Gasteiger partial charge in [0.05, 0.1) is 12.3 Å². The van der Waals surface area contributed by atoms with E-state index in [1.54, 1.807) is 4.90 Å². The number of carbonyl (C=O) groups is 1. The molecule has 3 rings (SSSR count). The second kappa shape index (κ2) is 9.26. The standard InChI is InChI=1S/C15H24N6O2.2ClH/c1-2-23-15(22)21-5-3-20(4-6-21)13-9-12(18-14(17)19-13)10-7-11(16)8-10;;/h9-11H,2-8,16H2,1H3,(H2,17,18,19);2*1H. The number of nitrogens with zero attached hydrogens (tertiary/aromatic N) is 4. The number of hydrogen-bond acceptors (Lipinski definition) is 7. The first-order valence-corrected chi connectivity index (χ1v) is 8.13. The molecule has 0 radical (unpaired) electrons. The molecule has 0 aromatic carbocycles. The van der Waals surface area contributed by atoms with Gasteiger partial charge in [0.1, 0.15) is 5.82 Å². The van der Waals surface area contributed by atoms with Gasteiger partial charge in [-0.2, -0.15) is 4.98 Å². The van der Waals surface area contributed by atoms with E-state index >= 15 is 0 Å². The topological polar surface area (TPSA) is 111 Å². The van der Waals surface area contributed by atoms with Gasteiger partial charge in [0.15, 0.2) is 0 Å². The van der Waals surface area contributed by atoms with Crippen LogP contribution in [0.1, 0.15) is 31.4 Å². The highest BCUT2D eigenvalue weighted by atomic mass is 35.5. The van der Waals surface area contributed by atoms with E-state index in [2.05, 4.69) is 14.9 Å². The average molecular weight is 393 g/mol. The van der Waals surface area contributed by atoms with Crippen LogP contribution in [0.25, 0.3) is 0 Å². The molecule has 1 saturated carbocycles. The molecule has 1 saturated heterocycles. The molecule has 2 heterocycles. The lowest BCUT2D eigenvalue weighted by atomic mass is 9.78. The van der Waals surface area contributed by atoms with Crippen molar-refractivity contribution in [1.29, 1.82) is 0 Å². The Balaban J connectivity index is 0.00000156. The Morgan fingerprint density at radius 1 is 1.24 bits per heavy atom. The van der Waals surface area contributed by atoms with Crippen LogP contribution in [0.2, 0.25) is 0 Å². The number of amides is 1. The van der Waals surface area contributed by atoms with Crippen molar-refractivity contribution in [2.45, 2.75) is 31.7 Å². The summed E-state index contributed by atoms with van der Waals surface area (Å²) in [6.45, 7) is 4.86. The van der Waals surface area contributed by atoms with Crippen molar-refractivity contribution in [3.05, 3.63) is 11.8 Å². The van der Waals surface area contributed by atoms with Gasteiger partial charge in [-0.3, -0.25) is 0 Å². The third-order valence-electron chi connectivity index (χ3n) is 4.47. The molecule has 10 heteroatoms. The van der Waals surface area contributed by atoms with Crippen LogP contribution in [0.15, 0.2) is 6.07 Å². The lowest BCUT2D eigenvalue weighted by Crippen LogP contribution is -2.49. The fourth-order valence-electron chi connectivity index (χ4n) is 3.08. The van der Waals surface area contributed by atoms with E-state index in [9.17, 15) is 4.79 Å². The van der Waals surface area contributed by atoms with Gasteiger partial charge >= 0.3 is 6.09 Å². The van der Waals surface area contributed by atoms with Crippen molar-refractivity contribution in [2.75, 3.05) is 43.4 Å². The Morgan fingerprint density at radius 3 is 2.44 bits per heavy atom. The Morgan fingerprint density at radius 2 is 1.88 bits per heavy atom. The number of aromatic nitrogens is 2. The van der Waals surface area contributed by atoms with E-state index < -0.39 is 0 Å². The molecule has 1 aliphatic carbocycles. The first-order chi connectivity index (χ1) is 11.1. The molecule has 0 unspecified atom stereocenters. The van der Waals surface area contributed by atoms with Crippen molar-refractivity contribution >= 4 is 42.7 Å². The minimum atomic E-state index is -0.251. The first kappa shape index (κ1) is 21.5. The fraction of sp³-hybridized carbons (Fsp3) is 0.667. The highest BCUT2D eigenvalue weighted by Gasteiger charge is 2.30. The maximum atomic E-state index is 11.7. The first-order valence-electron chi connectivity index (χ1n) is 8.13. The van der Waals surface area contributed by atoms with Crippen molar-refractivity contribution in [3.8, 4) is 0 Å². The van der Waals surface area contributed by atoms with E-state index in [4.69, 9.17) is 16.2 Å². The van der Waals surface area contributed by atoms with Gasteiger partial charge in [-0.15, -0.1) is 24.8 Å². The molecule has 8 nitrogen and oxygen atoms in total. The minimum absolute atomic E-state index is 0. The summed E-state index contributed by atoms with van der Waals surface area (Å²) >= 11 is 0. The minimum Gasteiger partial charge on any atom is -0.450 e. The van der Waals surface area contributed by atoms with E-state index in [-0.39, 0.29) is 36.9 Å². The summed E-state index contributed by atoms with van der Waals surface area (Å²) in [5.41, 5.74) is 12.7. The van der Waals surface area contributed by atoms with Gasteiger partial charge < -0.3 is 26.0 Å². The van der Waals surface area contributed by atoms with E-state index in [0.717, 1.165) is 24.4 Å². The number of halogens is 2. The average Bonchev–Trinajstić information content (AvgIpc) is 2.51. The normalized spacial score (nSPS) is 22.3. The largest absolute Gasteiger partial charge is 0.450 e. The van der Waals surface area contributed by atoms with Crippen LogP contribution in [0, 0.1) is 0 Å². The number of carbonyl (C=O) groups excluding carboxylic acids is 1. The summed E-state index contributed by atoms with van der Waals surface area (Å²) in [6.07, 6.45) is 1.65. The molecular formula is C15H26Cl2N6O2.